The Morgan fingerprint density at radius 1 is 1.12 bits per heavy atom. The fourth-order valence-corrected chi connectivity index (χ4v) is 4.45. The molecule has 1 saturated heterocycles. The van der Waals surface area contributed by atoms with E-state index >= 15 is 0 Å². The molecule has 166 valence electrons. The van der Waals surface area contributed by atoms with E-state index in [-0.39, 0.29) is 17.9 Å². The molecule has 0 unspecified atom stereocenters. The van der Waals surface area contributed by atoms with Gasteiger partial charge in [0, 0.05) is 35.6 Å². The number of amides is 2. The first-order valence-corrected chi connectivity index (χ1v) is 11.7. The summed E-state index contributed by atoms with van der Waals surface area (Å²) < 4.78 is 5.82. The highest BCUT2D eigenvalue weighted by Crippen LogP contribution is 2.20. The van der Waals surface area contributed by atoms with Crippen LogP contribution in [0.25, 0.3) is 0 Å². The molecule has 1 aliphatic rings. The van der Waals surface area contributed by atoms with Gasteiger partial charge in [0.1, 0.15) is 12.4 Å². The first-order chi connectivity index (χ1) is 15.5. The molecule has 2 heterocycles. The second-order valence-electron chi connectivity index (χ2n) is 8.03. The van der Waals surface area contributed by atoms with Crippen LogP contribution in [-0.4, -0.2) is 40.8 Å². The summed E-state index contributed by atoms with van der Waals surface area (Å²) in [6.07, 6.45) is 1.48. The minimum atomic E-state index is -0.0481. The number of nitrogens with one attached hydrogen (secondary N) is 1. The average Bonchev–Trinajstić information content (AvgIpc) is 3.23. The predicted octanol–water partition coefficient (Wildman–Crippen LogP) is 4.37. The summed E-state index contributed by atoms with van der Waals surface area (Å²) in [4.78, 5) is 31.8. The number of hydrogen-bond donors (Lipinski definition) is 1. The van der Waals surface area contributed by atoms with Crippen molar-refractivity contribution in [1.82, 2.24) is 15.2 Å². The number of aryl methyl sites for hydroxylation is 2. The number of carbonyl (C=O) groups is 2. The van der Waals surface area contributed by atoms with E-state index in [0.717, 1.165) is 29.1 Å². The molecule has 0 saturated carbocycles. The number of aromatic nitrogens is 1. The average molecular weight is 450 g/mol. The minimum absolute atomic E-state index is 0.0105. The largest absolute Gasteiger partial charge is 0.487 e. The smallest absolute Gasteiger partial charge is 0.253 e. The molecular formula is C25H27N3O3S. The van der Waals surface area contributed by atoms with Crippen LogP contribution in [-0.2, 0) is 6.61 Å². The van der Waals surface area contributed by atoms with Crippen LogP contribution >= 0.6 is 11.3 Å². The lowest BCUT2D eigenvalue weighted by atomic mass is 10.0. The Kier molecular flexibility index (Phi) is 6.85. The second-order valence-corrected chi connectivity index (χ2v) is 9.09. The molecule has 1 aromatic heterocycles. The summed E-state index contributed by atoms with van der Waals surface area (Å²) in [5, 5.41) is 6.10. The Labute approximate surface area is 192 Å². The van der Waals surface area contributed by atoms with Gasteiger partial charge in [-0.2, -0.15) is 0 Å². The van der Waals surface area contributed by atoms with E-state index in [1.54, 1.807) is 17.4 Å². The maximum Gasteiger partial charge on any atom is 0.253 e. The summed E-state index contributed by atoms with van der Waals surface area (Å²) in [5.74, 6) is 0.596. The van der Waals surface area contributed by atoms with E-state index in [0.29, 0.717) is 36.6 Å². The normalized spacial score (nSPS) is 14.2. The zero-order chi connectivity index (χ0) is 22.5. The first kappa shape index (κ1) is 22.0. The Balaban J connectivity index is 1.30. The van der Waals surface area contributed by atoms with Crippen molar-refractivity contribution in [2.75, 3.05) is 13.1 Å². The van der Waals surface area contributed by atoms with Gasteiger partial charge in [-0.25, -0.2) is 4.98 Å². The molecule has 6 nitrogen and oxygen atoms in total. The van der Waals surface area contributed by atoms with Crippen molar-refractivity contribution in [3.05, 3.63) is 81.3 Å². The van der Waals surface area contributed by atoms with Gasteiger partial charge in [-0.1, -0.05) is 24.3 Å². The molecule has 0 aliphatic carbocycles. The molecule has 2 aromatic carbocycles. The fraction of sp³-hybridized carbons (Fsp3) is 0.320. The van der Waals surface area contributed by atoms with Crippen molar-refractivity contribution in [1.29, 1.82) is 0 Å². The quantitative estimate of drug-likeness (QED) is 0.607. The van der Waals surface area contributed by atoms with Crippen LogP contribution < -0.4 is 10.1 Å². The van der Waals surface area contributed by atoms with Crippen LogP contribution in [0.2, 0.25) is 0 Å². The molecule has 1 aliphatic heterocycles. The molecule has 1 fully saturated rings. The maximum atomic E-state index is 13.0. The maximum absolute atomic E-state index is 13.0. The Bertz CT molecular complexity index is 1100. The summed E-state index contributed by atoms with van der Waals surface area (Å²) in [5.41, 5.74) is 3.17. The summed E-state index contributed by atoms with van der Waals surface area (Å²) in [6, 6.07) is 14.9. The van der Waals surface area contributed by atoms with Crippen LogP contribution in [0.5, 0.6) is 5.75 Å². The molecule has 0 atom stereocenters. The van der Waals surface area contributed by atoms with E-state index in [1.807, 2.05) is 66.6 Å². The number of nitrogens with zero attached hydrogens (tertiary/aromatic N) is 2. The van der Waals surface area contributed by atoms with Gasteiger partial charge in [0.2, 0.25) is 0 Å². The van der Waals surface area contributed by atoms with Crippen molar-refractivity contribution in [3.63, 3.8) is 0 Å². The van der Waals surface area contributed by atoms with E-state index in [2.05, 4.69) is 10.3 Å². The third kappa shape index (κ3) is 5.34. The van der Waals surface area contributed by atoms with E-state index in [1.165, 1.54) is 0 Å². The van der Waals surface area contributed by atoms with E-state index < -0.39 is 0 Å². The molecule has 32 heavy (non-hydrogen) atoms. The number of rotatable bonds is 6. The van der Waals surface area contributed by atoms with Crippen molar-refractivity contribution in [2.24, 2.45) is 0 Å². The van der Waals surface area contributed by atoms with Gasteiger partial charge in [0.15, 0.2) is 0 Å². The minimum Gasteiger partial charge on any atom is -0.487 e. The van der Waals surface area contributed by atoms with Crippen molar-refractivity contribution in [2.45, 2.75) is 39.3 Å². The van der Waals surface area contributed by atoms with E-state index in [9.17, 15) is 9.59 Å². The molecule has 3 aromatic rings. The zero-order valence-electron chi connectivity index (χ0n) is 18.3. The monoisotopic (exact) mass is 449 g/mol. The number of hydrogen-bond acceptors (Lipinski definition) is 5. The fourth-order valence-electron chi connectivity index (χ4n) is 3.85. The lowest BCUT2D eigenvalue weighted by Crippen LogP contribution is -2.46. The van der Waals surface area contributed by atoms with Gasteiger partial charge in [-0.05, 0) is 56.5 Å². The van der Waals surface area contributed by atoms with Crippen molar-refractivity contribution >= 4 is 23.2 Å². The lowest BCUT2D eigenvalue weighted by molar-refractivity contribution is 0.0697. The number of piperidine rings is 1. The molecule has 2 amide bonds. The standard InChI is InChI=1S/C25H27N3O3S/c1-17-6-3-4-9-23(17)24(29)27-20-10-12-28(13-11-20)25(30)19-7-5-8-22(14-19)31-15-21-16-32-18(2)26-21/h3-9,14,16,20H,10-13,15H2,1-2H3,(H,27,29). The highest BCUT2D eigenvalue weighted by atomic mass is 32.1. The van der Waals surface area contributed by atoms with Gasteiger partial charge in [-0.15, -0.1) is 11.3 Å². The Morgan fingerprint density at radius 3 is 2.62 bits per heavy atom. The molecule has 7 heteroatoms. The number of carbonyl (C=O) groups excluding carboxylic acids is 2. The van der Waals surface area contributed by atoms with Gasteiger partial charge in [0.25, 0.3) is 11.8 Å². The summed E-state index contributed by atoms with van der Waals surface area (Å²) in [6.45, 7) is 5.51. The third-order valence-electron chi connectivity index (χ3n) is 5.64. The Hall–Kier alpha value is -3.19. The Morgan fingerprint density at radius 2 is 1.91 bits per heavy atom. The predicted molar refractivity (Wildman–Crippen MR) is 125 cm³/mol. The second kappa shape index (κ2) is 9.96. The van der Waals surface area contributed by atoms with Crippen LogP contribution in [0.4, 0.5) is 0 Å². The summed E-state index contributed by atoms with van der Waals surface area (Å²) >= 11 is 1.59. The lowest BCUT2D eigenvalue weighted by Gasteiger charge is -2.32. The van der Waals surface area contributed by atoms with Crippen LogP contribution in [0.1, 0.15) is 49.8 Å². The van der Waals surface area contributed by atoms with Gasteiger partial charge in [0.05, 0.1) is 10.7 Å². The number of thiazole rings is 1. The molecular weight excluding hydrogens is 422 g/mol. The number of benzene rings is 2. The molecule has 4 rings (SSSR count). The van der Waals surface area contributed by atoms with Gasteiger partial charge < -0.3 is 15.0 Å². The third-order valence-corrected chi connectivity index (χ3v) is 6.46. The topological polar surface area (TPSA) is 71.5 Å². The highest BCUT2D eigenvalue weighted by molar-refractivity contribution is 7.09. The summed E-state index contributed by atoms with van der Waals surface area (Å²) in [7, 11) is 0. The molecule has 0 radical (unpaired) electrons. The van der Waals surface area contributed by atoms with Crippen LogP contribution in [0.3, 0.4) is 0 Å². The van der Waals surface area contributed by atoms with Crippen molar-refractivity contribution in [3.8, 4) is 5.75 Å². The van der Waals surface area contributed by atoms with Crippen molar-refractivity contribution < 1.29 is 14.3 Å². The molecule has 0 spiro atoms. The van der Waals surface area contributed by atoms with Crippen LogP contribution in [0, 0.1) is 13.8 Å². The zero-order valence-corrected chi connectivity index (χ0v) is 19.2. The highest BCUT2D eigenvalue weighted by Gasteiger charge is 2.25. The van der Waals surface area contributed by atoms with E-state index in [4.69, 9.17) is 4.74 Å². The first-order valence-electron chi connectivity index (χ1n) is 10.8. The number of likely N-dealkylation sites (tertiary alicyclic amines) is 1. The molecule has 0 bridgehead atoms. The van der Waals surface area contributed by atoms with Gasteiger partial charge in [-0.3, -0.25) is 9.59 Å². The van der Waals surface area contributed by atoms with Crippen LogP contribution in [0.15, 0.2) is 53.9 Å². The van der Waals surface area contributed by atoms with Gasteiger partial charge >= 0.3 is 0 Å². The SMILES string of the molecule is Cc1nc(COc2cccc(C(=O)N3CCC(NC(=O)c4ccccc4C)CC3)c2)cs1. The molecule has 1 N–H and O–H groups in total. The number of ether oxygens (including phenoxy) is 1.